The molecule has 1 aliphatic rings. The molecule has 1 aliphatic heterocycles. The summed E-state index contributed by atoms with van der Waals surface area (Å²) in [6, 6.07) is 16.7. The topological polar surface area (TPSA) is 154 Å². The molecule has 46 heavy (non-hydrogen) atoms. The highest BCUT2D eigenvalue weighted by atomic mass is 32.3. The van der Waals surface area contributed by atoms with Crippen molar-refractivity contribution in [3.8, 4) is 22.4 Å². The normalized spacial score (nSPS) is 13.9. The molecule has 13 nitrogen and oxygen atoms in total. The molecular formula is C31H34N4O9S2. The zero-order valence-electron chi connectivity index (χ0n) is 25.8. The fourth-order valence-corrected chi connectivity index (χ4v) is 8.44. The Hall–Kier alpha value is -4.47. The van der Waals surface area contributed by atoms with E-state index in [9.17, 15) is 26.4 Å². The number of hydrogen-bond donors (Lipinski definition) is 0. The number of benzene rings is 2. The lowest BCUT2D eigenvalue weighted by Gasteiger charge is -2.28. The molecule has 0 N–H and O–H groups in total. The highest BCUT2D eigenvalue weighted by molar-refractivity contribution is 8.09. The smallest absolute Gasteiger partial charge is 0.341 e. The van der Waals surface area contributed by atoms with Gasteiger partial charge >= 0.3 is 11.9 Å². The summed E-state index contributed by atoms with van der Waals surface area (Å²) < 4.78 is 68.0. The van der Waals surface area contributed by atoms with Crippen LogP contribution >= 0.6 is 0 Å². The van der Waals surface area contributed by atoms with Crippen molar-refractivity contribution in [2.75, 3.05) is 60.6 Å². The third-order valence-corrected chi connectivity index (χ3v) is 10.5. The van der Waals surface area contributed by atoms with E-state index in [1.54, 1.807) is 13.8 Å². The maximum Gasteiger partial charge on any atom is 0.341 e. The van der Waals surface area contributed by atoms with E-state index in [4.69, 9.17) is 19.3 Å². The van der Waals surface area contributed by atoms with Gasteiger partial charge in [-0.05, 0) is 37.6 Å². The highest BCUT2D eigenvalue weighted by Gasteiger charge is 2.35. The Balaban J connectivity index is 1.89. The van der Waals surface area contributed by atoms with Gasteiger partial charge in [-0.3, -0.25) is 0 Å². The zero-order chi connectivity index (χ0) is 33.2. The summed E-state index contributed by atoms with van der Waals surface area (Å²) in [4.78, 5) is 29.5. The minimum Gasteiger partial charge on any atom is -0.462 e. The van der Waals surface area contributed by atoms with Gasteiger partial charge in [0.05, 0.1) is 55.8 Å². The van der Waals surface area contributed by atoms with E-state index < -0.39 is 32.0 Å². The van der Waals surface area contributed by atoms with Gasteiger partial charge in [-0.15, -0.1) is 5.10 Å². The van der Waals surface area contributed by atoms with Crippen LogP contribution in [0, 0.1) is 0 Å². The van der Waals surface area contributed by atoms with Gasteiger partial charge in [-0.2, -0.15) is 3.71 Å². The van der Waals surface area contributed by atoms with Gasteiger partial charge in [-0.25, -0.2) is 30.9 Å². The predicted molar refractivity (Wildman–Crippen MR) is 173 cm³/mol. The molecule has 2 aromatic heterocycles. The molecule has 244 valence electrons. The molecule has 4 aromatic rings. The first-order valence-electron chi connectivity index (χ1n) is 14.5. The van der Waals surface area contributed by atoms with Gasteiger partial charge in [0, 0.05) is 24.2 Å². The summed E-state index contributed by atoms with van der Waals surface area (Å²) in [5.74, 6) is -0.992. The number of hydrogen-bond acceptors (Lipinski definition) is 11. The molecular weight excluding hydrogens is 636 g/mol. The Morgan fingerprint density at radius 3 is 1.93 bits per heavy atom. The summed E-state index contributed by atoms with van der Waals surface area (Å²) in [5.41, 5.74) is 1.90. The molecule has 0 spiro atoms. The van der Waals surface area contributed by atoms with Crippen LogP contribution in [0.3, 0.4) is 0 Å². The minimum atomic E-state index is -4.21. The van der Waals surface area contributed by atoms with Crippen LogP contribution in [0.2, 0.25) is 0 Å². The van der Waals surface area contributed by atoms with Crippen molar-refractivity contribution < 1.29 is 40.6 Å². The third-order valence-electron chi connectivity index (χ3n) is 7.21. The van der Waals surface area contributed by atoms with E-state index in [1.165, 1.54) is 28.8 Å². The number of rotatable bonds is 10. The van der Waals surface area contributed by atoms with Crippen LogP contribution < -0.4 is 8.61 Å². The van der Waals surface area contributed by atoms with Crippen molar-refractivity contribution in [2.45, 2.75) is 13.8 Å². The van der Waals surface area contributed by atoms with Gasteiger partial charge in [0.25, 0.3) is 0 Å². The van der Waals surface area contributed by atoms with Gasteiger partial charge in [0.15, 0.2) is 0 Å². The number of ether oxygens (including phenoxy) is 3. The maximum absolute atomic E-state index is 13.7. The van der Waals surface area contributed by atoms with Crippen molar-refractivity contribution in [3.05, 3.63) is 71.8 Å². The van der Waals surface area contributed by atoms with Gasteiger partial charge < -0.3 is 19.1 Å². The Morgan fingerprint density at radius 1 is 0.826 bits per heavy atom. The second-order valence-electron chi connectivity index (χ2n) is 10.5. The van der Waals surface area contributed by atoms with Gasteiger partial charge in [-0.1, -0.05) is 42.5 Å². The van der Waals surface area contributed by atoms with Crippen LogP contribution in [0.15, 0.2) is 60.7 Å². The van der Waals surface area contributed by atoms with Crippen LogP contribution in [-0.2, 0) is 34.3 Å². The van der Waals surface area contributed by atoms with E-state index in [-0.39, 0.29) is 35.7 Å². The lowest BCUT2D eigenvalue weighted by Crippen LogP contribution is -2.37. The first kappa shape index (κ1) is 32.9. The number of anilines is 2. The summed E-state index contributed by atoms with van der Waals surface area (Å²) >= 11 is 0. The van der Waals surface area contributed by atoms with Gasteiger partial charge in [0.2, 0.25) is 20.0 Å². The molecule has 1 saturated heterocycles. The van der Waals surface area contributed by atoms with E-state index in [0.717, 1.165) is 18.1 Å². The highest BCUT2D eigenvalue weighted by Crippen LogP contribution is 2.40. The van der Waals surface area contributed by atoms with Crippen molar-refractivity contribution in [2.24, 2.45) is 0 Å². The van der Waals surface area contributed by atoms with Crippen LogP contribution in [0.5, 0.6) is 0 Å². The molecule has 0 aliphatic carbocycles. The fourth-order valence-electron chi connectivity index (χ4n) is 5.46. The minimum absolute atomic E-state index is 0.0152. The number of esters is 2. The quantitative estimate of drug-likeness (QED) is 0.228. The van der Waals surface area contributed by atoms with Crippen LogP contribution in [0.25, 0.3) is 27.9 Å². The van der Waals surface area contributed by atoms with Crippen molar-refractivity contribution in [1.82, 2.24) is 9.61 Å². The molecule has 1 fully saturated rings. The second kappa shape index (κ2) is 13.1. The van der Waals surface area contributed by atoms with Crippen LogP contribution in [-0.4, -0.2) is 90.4 Å². The predicted octanol–water partition coefficient (Wildman–Crippen LogP) is 3.58. The molecule has 0 radical (unpaired) electrons. The van der Waals surface area contributed by atoms with E-state index in [0.29, 0.717) is 52.5 Å². The Morgan fingerprint density at radius 2 is 1.39 bits per heavy atom. The Labute approximate surface area is 267 Å². The number of nitrogens with zero attached hydrogens (tertiary/aromatic N) is 4. The number of carbonyl (C=O) groups excluding carboxylic acids is 2. The third kappa shape index (κ3) is 6.43. The van der Waals surface area contributed by atoms with Crippen molar-refractivity contribution in [3.63, 3.8) is 0 Å². The lowest BCUT2D eigenvalue weighted by molar-refractivity contribution is 0.0482. The summed E-state index contributed by atoms with van der Waals surface area (Å²) in [6.07, 6.45) is 1.57. The molecule has 0 amide bonds. The summed E-state index contributed by atoms with van der Waals surface area (Å²) in [5, 5.41) is 4.93. The number of fused-ring (bicyclic) bond motifs is 1. The molecule has 0 bridgehead atoms. The van der Waals surface area contributed by atoms with Crippen molar-refractivity contribution in [1.29, 1.82) is 0 Å². The fraction of sp³-hybridized carbons (Fsp3) is 0.323. The summed E-state index contributed by atoms with van der Waals surface area (Å²) in [7, 11) is -8.42. The molecule has 15 heteroatoms. The van der Waals surface area contributed by atoms with E-state index in [2.05, 4.69) is 0 Å². The average Bonchev–Trinajstić information content (AvgIpc) is 3.36. The molecule has 2 aromatic carbocycles. The van der Waals surface area contributed by atoms with E-state index >= 15 is 0 Å². The molecule has 0 atom stereocenters. The second-order valence-corrected chi connectivity index (χ2v) is 14.3. The number of sulfonamides is 2. The molecule has 0 unspecified atom stereocenters. The average molecular weight is 671 g/mol. The first-order chi connectivity index (χ1) is 21.9. The molecule has 3 heterocycles. The first-order valence-corrected chi connectivity index (χ1v) is 18.2. The van der Waals surface area contributed by atoms with Crippen molar-refractivity contribution >= 4 is 49.0 Å². The number of morpholine rings is 1. The zero-order valence-corrected chi connectivity index (χ0v) is 27.4. The number of carbonyl (C=O) groups is 2. The maximum atomic E-state index is 13.7. The summed E-state index contributed by atoms with van der Waals surface area (Å²) in [6.45, 7) is 5.43. The Bertz CT molecular complexity index is 1960. The number of aromatic nitrogens is 2. The standard InChI is InChI=1S/C31H34N4O9S2/c1-5-43-30(36)26-27(31(37)44-6-2)29-24(21-10-8-7-9-11-21)20-25(33-16-18-42-19-17-33)32-34(29)28(26)22-12-14-23(15-13-22)35(45(3,38)39)46(4,40)41/h7-15,20H,5-6,16-19H2,1-4H3. The Kier molecular flexibility index (Phi) is 9.37. The van der Waals surface area contributed by atoms with E-state index in [1.807, 2.05) is 41.3 Å². The largest absolute Gasteiger partial charge is 0.462 e. The monoisotopic (exact) mass is 670 g/mol. The molecule has 5 rings (SSSR count). The van der Waals surface area contributed by atoms with Crippen LogP contribution in [0.4, 0.5) is 11.5 Å². The SMILES string of the molecule is CCOC(=O)c1c(C(=O)OCC)c2c(-c3ccccc3)cc(N3CCOCC3)nn2c1-c1ccc(N(S(C)(=O)=O)S(C)(=O)=O)cc1. The van der Waals surface area contributed by atoms with Crippen LogP contribution in [0.1, 0.15) is 34.6 Å². The lowest BCUT2D eigenvalue weighted by atomic mass is 10.0. The molecule has 0 saturated carbocycles. The van der Waals surface area contributed by atoms with Gasteiger partial charge in [0.1, 0.15) is 16.9 Å².